The van der Waals surface area contributed by atoms with E-state index in [2.05, 4.69) is 43.0 Å². The van der Waals surface area contributed by atoms with Crippen LogP contribution in [0.15, 0.2) is 43.0 Å². The summed E-state index contributed by atoms with van der Waals surface area (Å²) in [5, 5.41) is 3.25. The average molecular weight is 363 g/mol. The van der Waals surface area contributed by atoms with Crippen LogP contribution in [0.25, 0.3) is 17.1 Å². The third kappa shape index (κ3) is 3.31. The molecule has 2 aliphatic rings. The Labute approximate surface area is 157 Å². The number of anilines is 1. The van der Waals surface area contributed by atoms with Gasteiger partial charge in [-0.2, -0.15) is 0 Å². The summed E-state index contributed by atoms with van der Waals surface area (Å²) >= 11 is 0. The van der Waals surface area contributed by atoms with Gasteiger partial charge in [-0.3, -0.25) is 4.57 Å². The lowest BCUT2D eigenvalue weighted by molar-refractivity contribution is 0.120. The quantitative estimate of drug-likeness (QED) is 0.751. The molecule has 1 aromatic carbocycles. The van der Waals surface area contributed by atoms with Crippen LogP contribution in [0.5, 0.6) is 0 Å². The molecule has 5 rings (SSSR count). The molecule has 1 atom stereocenters. The highest BCUT2D eigenvalue weighted by Crippen LogP contribution is 2.26. The fourth-order valence-electron chi connectivity index (χ4n) is 3.58. The molecule has 0 amide bonds. The molecule has 27 heavy (non-hydrogen) atoms. The van der Waals surface area contributed by atoms with Crippen molar-refractivity contribution in [3.63, 3.8) is 0 Å². The number of nitrogens with zero attached hydrogens (tertiary/aromatic N) is 4. The summed E-state index contributed by atoms with van der Waals surface area (Å²) in [5.41, 5.74) is 4.43. The minimum Gasteiger partial charge on any atom is -0.376 e. The van der Waals surface area contributed by atoms with E-state index < -0.39 is 0 Å². The molecule has 4 heterocycles. The van der Waals surface area contributed by atoms with Gasteiger partial charge in [0.1, 0.15) is 5.82 Å². The third-order valence-corrected chi connectivity index (χ3v) is 5.05. The van der Waals surface area contributed by atoms with Crippen molar-refractivity contribution in [3.8, 4) is 17.1 Å². The first kappa shape index (κ1) is 16.4. The average Bonchev–Trinajstić information content (AvgIpc) is 3.47. The van der Waals surface area contributed by atoms with Crippen molar-refractivity contribution in [2.75, 3.05) is 18.5 Å². The molecule has 1 unspecified atom stereocenters. The smallest absolute Gasteiger partial charge is 0.222 e. The van der Waals surface area contributed by atoms with Gasteiger partial charge >= 0.3 is 0 Å². The molecule has 2 aliphatic heterocycles. The lowest BCUT2D eigenvalue weighted by Gasteiger charge is -2.11. The Bertz CT molecular complexity index is 932. The molecular formula is C20H21N5O2. The predicted octanol–water partition coefficient (Wildman–Crippen LogP) is 2.95. The molecule has 1 N–H and O–H groups in total. The molecule has 3 aromatic rings. The van der Waals surface area contributed by atoms with Crippen LogP contribution < -0.4 is 5.32 Å². The lowest BCUT2D eigenvalue weighted by Crippen LogP contribution is -2.19. The summed E-state index contributed by atoms with van der Waals surface area (Å²) in [5.74, 6) is 1.43. The number of imidazole rings is 1. The van der Waals surface area contributed by atoms with E-state index in [1.54, 1.807) is 18.6 Å². The molecule has 7 heteroatoms. The van der Waals surface area contributed by atoms with Crippen molar-refractivity contribution in [3.05, 3.63) is 54.1 Å². The van der Waals surface area contributed by atoms with E-state index in [-0.39, 0.29) is 6.10 Å². The Morgan fingerprint density at radius 3 is 2.85 bits per heavy atom. The first-order valence-electron chi connectivity index (χ1n) is 9.28. The van der Waals surface area contributed by atoms with E-state index in [9.17, 15) is 0 Å². The number of ether oxygens (including phenoxy) is 2. The number of hydrogen-bond donors (Lipinski definition) is 1. The SMILES string of the molecule is c1cn(-c2ccc3c(c2)COC3)c(-c2cnc(NCC3CCCO3)nc2)n1. The summed E-state index contributed by atoms with van der Waals surface area (Å²) in [6.45, 7) is 2.96. The van der Waals surface area contributed by atoms with Crippen molar-refractivity contribution in [1.82, 2.24) is 19.5 Å². The molecule has 0 spiro atoms. The van der Waals surface area contributed by atoms with Crippen molar-refractivity contribution in [1.29, 1.82) is 0 Å². The first-order chi connectivity index (χ1) is 13.4. The van der Waals surface area contributed by atoms with Crippen LogP contribution in [0.1, 0.15) is 24.0 Å². The van der Waals surface area contributed by atoms with Gasteiger partial charge in [0, 0.05) is 43.6 Å². The summed E-state index contributed by atoms with van der Waals surface area (Å²) in [4.78, 5) is 13.4. The zero-order chi connectivity index (χ0) is 18.1. The van der Waals surface area contributed by atoms with Gasteiger partial charge in [-0.05, 0) is 36.1 Å². The largest absolute Gasteiger partial charge is 0.376 e. The molecule has 1 saturated heterocycles. The highest BCUT2D eigenvalue weighted by molar-refractivity contribution is 5.58. The maximum Gasteiger partial charge on any atom is 0.222 e. The number of nitrogens with one attached hydrogen (secondary N) is 1. The number of aromatic nitrogens is 4. The normalized spacial score (nSPS) is 18.6. The summed E-state index contributed by atoms with van der Waals surface area (Å²) in [6, 6.07) is 6.37. The van der Waals surface area contributed by atoms with Gasteiger partial charge < -0.3 is 14.8 Å². The van der Waals surface area contributed by atoms with E-state index >= 15 is 0 Å². The number of hydrogen-bond acceptors (Lipinski definition) is 6. The molecule has 0 aliphatic carbocycles. The second-order valence-electron chi connectivity index (χ2n) is 6.88. The first-order valence-corrected chi connectivity index (χ1v) is 9.28. The van der Waals surface area contributed by atoms with Gasteiger partial charge in [-0.15, -0.1) is 0 Å². The Balaban J connectivity index is 1.35. The molecule has 138 valence electrons. The molecule has 0 bridgehead atoms. The lowest BCUT2D eigenvalue weighted by atomic mass is 10.1. The van der Waals surface area contributed by atoms with Gasteiger partial charge in [0.05, 0.1) is 24.9 Å². The van der Waals surface area contributed by atoms with E-state index in [0.29, 0.717) is 19.2 Å². The van der Waals surface area contributed by atoms with Crippen LogP contribution in [-0.4, -0.2) is 38.8 Å². The number of rotatable bonds is 5. The van der Waals surface area contributed by atoms with Crippen molar-refractivity contribution < 1.29 is 9.47 Å². The maximum absolute atomic E-state index is 5.61. The van der Waals surface area contributed by atoms with Gasteiger partial charge in [-0.25, -0.2) is 15.0 Å². The van der Waals surface area contributed by atoms with Gasteiger partial charge in [0.2, 0.25) is 5.95 Å². The Morgan fingerprint density at radius 2 is 2.00 bits per heavy atom. The van der Waals surface area contributed by atoms with Crippen LogP contribution in [0.3, 0.4) is 0 Å². The predicted molar refractivity (Wildman–Crippen MR) is 101 cm³/mol. The van der Waals surface area contributed by atoms with Crippen LogP contribution in [0, 0.1) is 0 Å². The summed E-state index contributed by atoms with van der Waals surface area (Å²) < 4.78 is 13.2. The van der Waals surface area contributed by atoms with Crippen LogP contribution in [-0.2, 0) is 22.7 Å². The standard InChI is InChI=1S/C20H21N5O2/c1-2-18(27-7-1)11-24-20-22-9-16(10-23-20)19-21-5-6-25(19)17-4-3-14-12-26-13-15(14)8-17/h3-6,8-10,18H,1-2,7,11-13H2,(H,22,23,24). The second kappa shape index (κ2) is 7.09. The Hall–Kier alpha value is -2.77. The number of benzene rings is 1. The van der Waals surface area contributed by atoms with E-state index in [4.69, 9.17) is 9.47 Å². The summed E-state index contributed by atoms with van der Waals surface area (Å²) in [6.07, 6.45) is 9.84. The van der Waals surface area contributed by atoms with Gasteiger partial charge in [0.15, 0.2) is 0 Å². The van der Waals surface area contributed by atoms with Crippen molar-refractivity contribution in [2.45, 2.75) is 32.2 Å². The zero-order valence-corrected chi connectivity index (χ0v) is 15.0. The maximum atomic E-state index is 5.61. The fraction of sp³-hybridized carbons (Fsp3) is 0.350. The molecule has 0 radical (unpaired) electrons. The minimum absolute atomic E-state index is 0.260. The molecular weight excluding hydrogens is 342 g/mol. The highest BCUT2D eigenvalue weighted by atomic mass is 16.5. The minimum atomic E-state index is 0.260. The Kier molecular flexibility index (Phi) is 4.31. The zero-order valence-electron chi connectivity index (χ0n) is 15.0. The molecule has 1 fully saturated rings. The molecule has 0 saturated carbocycles. The second-order valence-corrected chi connectivity index (χ2v) is 6.88. The van der Waals surface area contributed by atoms with E-state index in [0.717, 1.165) is 43.1 Å². The number of fused-ring (bicyclic) bond motifs is 1. The Morgan fingerprint density at radius 1 is 1.11 bits per heavy atom. The molecule has 2 aromatic heterocycles. The highest BCUT2D eigenvalue weighted by Gasteiger charge is 2.16. The van der Waals surface area contributed by atoms with Crippen LogP contribution in [0.4, 0.5) is 5.95 Å². The van der Waals surface area contributed by atoms with Gasteiger partial charge in [0.25, 0.3) is 0 Å². The molecule has 7 nitrogen and oxygen atoms in total. The summed E-state index contributed by atoms with van der Waals surface area (Å²) in [7, 11) is 0. The fourth-order valence-corrected chi connectivity index (χ4v) is 3.58. The topological polar surface area (TPSA) is 74.1 Å². The monoisotopic (exact) mass is 363 g/mol. The van der Waals surface area contributed by atoms with Crippen LogP contribution in [0.2, 0.25) is 0 Å². The van der Waals surface area contributed by atoms with Crippen LogP contribution >= 0.6 is 0 Å². The van der Waals surface area contributed by atoms with Crippen molar-refractivity contribution >= 4 is 5.95 Å². The van der Waals surface area contributed by atoms with Gasteiger partial charge in [-0.1, -0.05) is 6.07 Å². The van der Waals surface area contributed by atoms with E-state index in [1.807, 2.05) is 6.20 Å². The third-order valence-electron chi connectivity index (χ3n) is 5.05. The van der Waals surface area contributed by atoms with E-state index in [1.165, 1.54) is 11.1 Å². The van der Waals surface area contributed by atoms with Crippen molar-refractivity contribution in [2.24, 2.45) is 0 Å².